The summed E-state index contributed by atoms with van der Waals surface area (Å²) in [7, 11) is -1.54. The van der Waals surface area contributed by atoms with Crippen LogP contribution in [-0.4, -0.2) is 67.2 Å². The summed E-state index contributed by atoms with van der Waals surface area (Å²) in [6.45, 7) is 3.43. The topological polar surface area (TPSA) is 119 Å². The smallest absolute Gasteiger partial charge is 0.240 e. The van der Waals surface area contributed by atoms with Crippen molar-refractivity contribution in [3.8, 4) is 0 Å². The zero-order valence-corrected chi connectivity index (χ0v) is 20.8. The van der Waals surface area contributed by atoms with Crippen molar-refractivity contribution in [2.45, 2.75) is 49.6 Å². The molecular formula is C21H31BrN6O3S. The molecular weight excluding hydrogens is 496 g/mol. The maximum atomic E-state index is 12.8. The Morgan fingerprint density at radius 1 is 1.38 bits per heavy atom. The molecule has 2 aromatic rings. The quantitative estimate of drug-likeness (QED) is 0.352. The Morgan fingerprint density at radius 2 is 2.19 bits per heavy atom. The molecule has 3 rings (SSSR count). The molecule has 1 fully saturated rings. The molecule has 2 atom stereocenters. The Balaban J connectivity index is 1.66. The predicted molar refractivity (Wildman–Crippen MR) is 130 cm³/mol. The Morgan fingerprint density at radius 3 is 2.88 bits per heavy atom. The van der Waals surface area contributed by atoms with Crippen molar-refractivity contribution in [2.24, 2.45) is 0 Å². The van der Waals surface area contributed by atoms with Crippen molar-refractivity contribution in [3.63, 3.8) is 0 Å². The van der Waals surface area contributed by atoms with Gasteiger partial charge in [0, 0.05) is 24.5 Å². The van der Waals surface area contributed by atoms with Crippen molar-refractivity contribution in [3.05, 3.63) is 34.9 Å². The van der Waals surface area contributed by atoms with Crippen molar-refractivity contribution in [1.29, 1.82) is 0 Å². The molecule has 176 valence electrons. The summed E-state index contributed by atoms with van der Waals surface area (Å²) < 4.78 is 28.9. The SMILES string of the molecule is CC[C@H](CO)Nc1nc(Nc2cccc(S(=O)(=O)NCCC3CCCN3C)c2)ncc1Br. The van der Waals surface area contributed by atoms with E-state index in [9.17, 15) is 13.5 Å². The van der Waals surface area contributed by atoms with Gasteiger partial charge in [-0.3, -0.25) is 0 Å². The van der Waals surface area contributed by atoms with E-state index >= 15 is 0 Å². The summed E-state index contributed by atoms with van der Waals surface area (Å²) in [4.78, 5) is 11.1. The molecule has 1 aromatic carbocycles. The lowest BCUT2D eigenvalue weighted by atomic mass is 10.1. The number of aliphatic hydroxyl groups is 1. The van der Waals surface area contributed by atoms with Gasteiger partial charge in [0.2, 0.25) is 16.0 Å². The van der Waals surface area contributed by atoms with Crippen molar-refractivity contribution >= 4 is 43.4 Å². The lowest BCUT2D eigenvalue weighted by Gasteiger charge is -2.19. The Labute approximate surface area is 198 Å². The molecule has 9 nitrogen and oxygen atoms in total. The van der Waals surface area contributed by atoms with Gasteiger partial charge in [-0.1, -0.05) is 13.0 Å². The van der Waals surface area contributed by atoms with Gasteiger partial charge in [-0.15, -0.1) is 0 Å². The highest BCUT2D eigenvalue weighted by Gasteiger charge is 2.22. The number of benzene rings is 1. The maximum absolute atomic E-state index is 12.8. The molecule has 0 aliphatic carbocycles. The average Bonchev–Trinajstić information content (AvgIpc) is 3.19. The van der Waals surface area contributed by atoms with Crippen molar-refractivity contribution < 1.29 is 13.5 Å². The number of sulfonamides is 1. The van der Waals surface area contributed by atoms with E-state index in [-0.39, 0.29) is 17.5 Å². The molecule has 0 bridgehead atoms. The van der Waals surface area contributed by atoms with Crippen LogP contribution in [0.2, 0.25) is 0 Å². The van der Waals surface area contributed by atoms with Gasteiger partial charge in [0.05, 0.1) is 22.0 Å². The molecule has 4 N–H and O–H groups in total. The largest absolute Gasteiger partial charge is 0.394 e. The highest BCUT2D eigenvalue weighted by atomic mass is 79.9. The van der Waals surface area contributed by atoms with Gasteiger partial charge in [0.1, 0.15) is 5.82 Å². The number of nitrogens with one attached hydrogen (secondary N) is 3. The number of rotatable bonds is 11. The number of aliphatic hydroxyl groups excluding tert-OH is 1. The van der Waals surface area contributed by atoms with Gasteiger partial charge in [0.25, 0.3) is 0 Å². The summed E-state index contributed by atoms with van der Waals surface area (Å²) in [5, 5.41) is 15.6. The zero-order chi connectivity index (χ0) is 23.1. The maximum Gasteiger partial charge on any atom is 0.240 e. The second-order valence-electron chi connectivity index (χ2n) is 7.94. The molecule has 0 radical (unpaired) electrons. The second-order valence-corrected chi connectivity index (χ2v) is 10.6. The predicted octanol–water partition coefficient (Wildman–Crippen LogP) is 2.93. The number of halogens is 1. The number of hydrogen-bond donors (Lipinski definition) is 4. The van der Waals surface area contributed by atoms with Crippen molar-refractivity contribution in [1.82, 2.24) is 19.6 Å². The van der Waals surface area contributed by atoms with E-state index in [2.05, 4.69) is 53.2 Å². The van der Waals surface area contributed by atoms with Gasteiger partial charge in [-0.2, -0.15) is 4.98 Å². The number of nitrogens with zero attached hydrogens (tertiary/aromatic N) is 3. The Bertz CT molecular complexity index is 1000. The van der Waals surface area contributed by atoms with Crippen LogP contribution in [0.5, 0.6) is 0 Å². The molecule has 1 aliphatic rings. The van der Waals surface area contributed by atoms with E-state index in [0.29, 0.717) is 34.5 Å². The highest BCUT2D eigenvalue weighted by molar-refractivity contribution is 9.10. The molecule has 1 aliphatic heterocycles. The third-order valence-electron chi connectivity index (χ3n) is 5.64. The zero-order valence-electron chi connectivity index (χ0n) is 18.4. The first kappa shape index (κ1) is 24.8. The Kier molecular flexibility index (Phi) is 8.83. The van der Waals surface area contributed by atoms with E-state index in [1.54, 1.807) is 30.5 Å². The van der Waals surface area contributed by atoms with Crippen LogP contribution in [-0.2, 0) is 10.0 Å². The van der Waals surface area contributed by atoms with Gasteiger partial charge in [-0.25, -0.2) is 18.1 Å². The minimum Gasteiger partial charge on any atom is -0.394 e. The molecule has 11 heteroatoms. The van der Waals surface area contributed by atoms with Gasteiger partial charge < -0.3 is 20.6 Å². The Hall–Kier alpha value is -1.79. The van der Waals surface area contributed by atoms with E-state index < -0.39 is 10.0 Å². The van der Waals surface area contributed by atoms with Gasteiger partial charge in [0.15, 0.2) is 0 Å². The molecule has 0 saturated carbocycles. The first-order chi connectivity index (χ1) is 15.3. The molecule has 32 heavy (non-hydrogen) atoms. The minimum absolute atomic E-state index is 0.0142. The molecule has 2 heterocycles. The third kappa shape index (κ3) is 6.61. The lowest BCUT2D eigenvalue weighted by molar-refractivity contribution is 0.271. The average molecular weight is 527 g/mol. The summed E-state index contributed by atoms with van der Waals surface area (Å²) >= 11 is 3.41. The first-order valence-corrected chi connectivity index (χ1v) is 13.1. The van der Waals surface area contributed by atoms with E-state index in [1.807, 2.05) is 6.92 Å². The van der Waals surface area contributed by atoms with Crippen LogP contribution >= 0.6 is 15.9 Å². The van der Waals surface area contributed by atoms with Crippen LogP contribution in [0, 0.1) is 0 Å². The first-order valence-electron chi connectivity index (χ1n) is 10.8. The van der Waals surface area contributed by atoms with Gasteiger partial charge >= 0.3 is 0 Å². The fraction of sp³-hybridized carbons (Fsp3) is 0.524. The van der Waals surface area contributed by atoms with Crippen LogP contribution in [0.4, 0.5) is 17.5 Å². The van der Waals surface area contributed by atoms with Crippen LogP contribution in [0.15, 0.2) is 39.8 Å². The molecule has 1 unspecified atom stereocenters. The standard InChI is InChI=1S/C21H31BrN6O3S/c1-3-15(14-29)25-20-19(22)13-23-21(27-20)26-16-6-4-8-18(12-16)32(30,31)24-10-9-17-7-5-11-28(17)2/h4,6,8,12-13,15,17,24,29H,3,5,7,9-11,14H2,1-2H3,(H2,23,25,26,27)/t15-,17?/m1/s1. The number of aromatic nitrogens is 2. The normalized spacial score (nSPS) is 17.9. The number of hydrogen-bond acceptors (Lipinski definition) is 8. The summed E-state index contributed by atoms with van der Waals surface area (Å²) in [5.41, 5.74) is 0.561. The lowest BCUT2D eigenvalue weighted by Crippen LogP contribution is -2.31. The monoisotopic (exact) mass is 526 g/mol. The highest BCUT2D eigenvalue weighted by Crippen LogP contribution is 2.24. The molecule has 0 spiro atoms. The van der Waals surface area contributed by atoms with E-state index in [0.717, 1.165) is 32.2 Å². The van der Waals surface area contributed by atoms with Crippen LogP contribution < -0.4 is 15.4 Å². The van der Waals surface area contributed by atoms with E-state index in [4.69, 9.17) is 0 Å². The molecule has 1 aromatic heterocycles. The fourth-order valence-corrected chi connectivity index (χ4v) is 5.05. The molecule has 1 saturated heterocycles. The van der Waals surface area contributed by atoms with Crippen LogP contribution in [0.1, 0.15) is 32.6 Å². The summed E-state index contributed by atoms with van der Waals surface area (Å²) in [6.07, 6.45) is 5.40. The number of anilines is 3. The van der Waals surface area contributed by atoms with E-state index in [1.165, 1.54) is 0 Å². The van der Waals surface area contributed by atoms with Crippen LogP contribution in [0.25, 0.3) is 0 Å². The number of likely N-dealkylation sites (tertiary alicyclic amines) is 1. The van der Waals surface area contributed by atoms with Crippen LogP contribution in [0.3, 0.4) is 0 Å². The molecule has 0 amide bonds. The van der Waals surface area contributed by atoms with Crippen molar-refractivity contribution in [2.75, 3.05) is 37.4 Å². The minimum atomic E-state index is -3.62. The van der Waals surface area contributed by atoms with Gasteiger partial charge in [-0.05, 0) is 73.4 Å². The summed E-state index contributed by atoms with van der Waals surface area (Å²) in [6, 6.07) is 6.87. The third-order valence-corrected chi connectivity index (χ3v) is 7.68. The summed E-state index contributed by atoms with van der Waals surface area (Å²) in [5.74, 6) is 0.862. The second kappa shape index (κ2) is 11.4. The fourth-order valence-electron chi connectivity index (χ4n) is 3.66.